The molecule has 0 aliphatic carbocycles. The Hall–Kier alpha value is -0.980. The van der Waals surface area contributed by atoms with Gasteiger partial charge in [-0.15, -0.1) is 0 Å². The van der Waals surface area contributed by atoms with Gasteiger partial charge >= 0.3 is 27.5 Å². The summed E-state index contributed by atoms with van der Waals surface area (Å²) in [6.07, 6.45) is 3.95. The maximum Gasteiger partial charge on any atom is 0.351 e. The Kier molecular flexibility index (Phi) is 17.8. The topological polar surface area (TPSA) is 107 Å². The van der Waals surface area contributed by atoms with Crippen LogP contribution >= 0.6 is 15.6 Å². The molecule has 0 heterocycles. The first-order valence-corrected chi connectivity index (χ1v) is 16.6. The van der Waals surface area contributed by atoms with Crippen LogP contribution < -0.4 is 0 Å². The lowest BCUT2D eigenvalue weighted by Gasteiger charge is -2.21. The normalized spacial score (nSPS) is 15.5. The molecule has 0 aromatic rings. The molecule has 0 bridgehead atoms. The van der Waals surface area contributed by atoms with Crippen molar-refractivity contribution in [3.8, 4) is 0 Å². The highest BCUT2D eigenvalue weighted by atomic mass is 31.1. The monoisotopic (exact) mass is 568 g/mol. The summed E-state index contributed by atoms with van der Waals surface area (Å²) in [6.45, 7) is 5.58. The van der Waals surface area contributed by atoms with E-state index in [1.54, 1.807) is 0 Å². The summed E-state index contributed by atoms with van der Waals surface area (Å²) in [6, 6.07) is 0. The standard InChI is InChI=1S/C26H54N2O7P2/c1-9-11-13-22(36(32)17-15-27(3,4)5)20-34-25(30)19-24(29)26(31)35-21-23(14-12-10-2)37(33)18-16-28(6,7)8/h22-24,29H,9-21H2,1-8H3/q+4. The van der Waals surface area contributed by atoms with Crippen molar-refractivity contribution in [2.75, 3.05) is 80.9 Å². The third-order valence-corrected chi connectivity index (χ3v) is 9.79. The number of ether oxygens (including phenoxy) is 2. The van der Waals surface area contributed by atoms with E-state index in [0.717, 1.165) is 38.8 Å². The SMILES string of the molecule is CCCCC(COC(=O)CC(O)C(=O)OCC(CCCC)[P+](=O)CC[N+](C)(C)C)[P+](=O)CC[N+](C)(C)C. The van der Waals surface area contributed by atoms with E-state index < -0.39 is 40.1 Å². The second-order valence-electron chi connectivity index (χ2n) is 11.9. The maximum atomic E-state index is 12.8. The summed E-state index contributed by atoms with van der Waals surface area (Å²) < 4.78 is 37.6. The molecule has 0 rings (SSSR count). The first-order chi connectivity index (χ1) is 17.1. The first-order valence-electron chi connectivity index (χ1n) is 13.6. The second-order valence-corrected chi connectivity index (χ2v) is 16.0. The summed E-state index contributed by atoms with van der Waals surface area (Å²) in [5.74, 6) is -1.64. The molecule has 0 saturated heterocycles. The molecule has 0 spiro atoms. The van der Waals surface area contributed by atoms with Gasteiger partial charge in [0, 0.05) is 0 Å². The molecular weight excluding hydrogens is 514 g/mol. The fraction of sp³-hybridized carbons (Fsp3) is 0.923. The molecule has 0 aliphatic heterocycles. The van der Waals surface area contributed by atoms with Crippen molar-refractivity contribution in [3.05, 3.63) is 0 Å². The van der Waals surface area contributed by atoms with Crippen molar-refractivity contribution in [2.24, 2.45) is 0 Å². The predicted octanol–water partition coefficient (Wildman–Crippen LogP) is 4.01. The van der Waals surface area contributed by atoms with Gasteiger partial charge in [0.05, 0.1) is 48.7 Å². The molecule has 5 atom stereocenters. The number of rotatable bonds is 21. The minimum atomic E-state index is -1.65. The molecule has 5 unspecified atom stereocenters. The minimum Gasteiger partial charge on any atom is -0.461 e. The van der Waals surface area contributed by atoms with Crippen molar-refractivity contribution in [1.82, 2.24) is 0 Å². The Morgan fingerprint density at radius 3 is 1.54 bits per heavy atom. The highest BCUT2D eigenvalue weighted by molar-refractivity contribution is 7.45. The van der Waals surface area contributed by atoms with E-state index in [2.05, 4.69) is 6.92 Å². The van der Waals surface area contributed by atoms with Crippen LogP contribution in [0.25, 0.3) is 0 Å². The summed E-state index contributed by atoms with van der Waals surface area (Å²) in [5, 5.41) is 10.2. The van der Waals surface area contributed by atoms with Gasteiger partial charge in [-0.05, 0) is 25.7 Å². The smallest absolute Gasteiger partial charge is 0.351 e. The van der Waals surface area contributed by atoms with E-state index in [1.807, 2.05) is 49.2 Å². The van der Waals surface area contributed by atoms with E-state index in [4.69, 9.17) is 9.47 Å². The number of hydrogen-bond donors (Lipinski definition) is 1. The van der Waals surface area contributed by atoms with Gasteiger partial charge in [0.2, 0.25) is 0 Å². The zero-order chi connectivity index (χ0) is 28.6. The molecule has 9 nitrogen and oxygen atoms in total. The third kappa shape index (κ3) is 18.8. The van der Waals surface area contributed by atoms with E-state index in [-0.39, 0.29) is 24.5 Å². The fourth-order valence-electron chi connectivity index (χ4n) is 3.43. The van der Waals surface area contributed by atoms with E-state index in [0.29, 0.717) is 34.1 Å². The number of carbonyl (C=O) groups excluding carboxylic acids is 2. The lowest BCUT2D eigenvalue weighted by Crippen LogP contribution is -2.37. The molecule has 0 amide bonds. The molecule has 37 heavy (non-hydrogen) atoms. The summed E-state index contributed by atoms with van der Waals surface area (Å²) >= 11 is 0. The highest BCUT2D eigenvalue weighted by Gasteiger charge is 2.35. The number of hydrogen-bond acceptors (Lipinski definition) is 7. The van der Waals surface area contributed by atoms with Gasteiger partial charge < -0.3 is 23.5 Å². The molecule has 0 aromatic carbocycles. The van der Waals surface area contributed by atoms with Crippen LogP contribution in [-0.2, 0) is 28.2 Å². The van der Waals surface area contributed by atoms with E-state index in [1.165, 1.54) is 0 Å². The van der Waals surface area contributed by atoms with Crippen LogP contribution in [0.15, 0.2) is 0 Å². The first kappa shape index (κ1) is 36.0. The number of aliphatic hydroxyl groups excluding tert-OH is 1. The zero-order valence-corrected chi connectivity index (χ0v) is 26.4. The second kappa shape index (κ2) is 18.3. The number of unbranched alkanes of at least 4 members (excludes halogenated alkanes) is 2. The van der Waals surface area contributed by atoms with Crippen molar-refractivity contribution in [3.63, 3.8) is 0 Å². The zero-order valence-electron chi connectivity index (χ0n) is 24.6. The molecule has 11 heteroatoms. The predicted molar refractivity (Wildman–Crippen MR) is 150 cm³/mol. The Labute approximate surface area is 227 Å². The number of quaternary nitrogens is 2. The molecule has 0 aromatic heterocycles. The minimum absolute atomic E-state index is 0.0127. The number of nitrogens with zero attached hydrogens (tertiary/aromatic N) is 2. The van der Waals surface area contributed by atoms with Crippen molar-refractivity contribution < 1.29 is 42.3 Å². The van der Waals surface area contributed by atoms with E-state index in [9.17, 15) is 23.8 Å². The maximum absolute atomic E-state index is 12.8. The Balaban J connectivity index is 4.78. The molecule has 0 fully saturated rings. The van der Waals surface area contributed by atoms with Crippen LogP contribution in [0.2, 0.25) is 0 Å². The summed E-state index contributed by atoms with van der Waals surface area (Å²) in [4.78, 5) is 24.6. The molecular formula is C26H54N2O7P2+4. The lowest BCUT2D eigenvalue weighted by atomic mass is 10.2. The largest absolute Gasteiger partial charge is 0.461 e. The van der Waals surface area contributed by atoms with Gasteiger partial charge in [-0.1, -0.05) is 35.8 Å². The van der Waals surface area contributed by atoms with Gasteiger partial charge in [0.25, 0.3) is 0 Å². The van der Waals surface area contributed by atoms with Crippen molar-refractivity contribution >= 4 is 27.5 Å². The summed E-state index contributed by atoms with van der Waals surface area (Å²) in [7, 11) is 9.12. The van der Waals surface area contributed by atoms with E-state index >= 15 is 0 Å². The van der Waals surface area contributed by atoms with Gasteiger partial charge in [-0.3, -0.25) is 4.79 Å². The molecule has 1 N–H and O–H groups in total. The average Bonchev–Trinajstić information content (AvgIpc) is 2.79. The molecule has 0 saturated carbocycles. The number of aliphatic hydroxyl groups is 1. The van der Waals surface area contributed by atoms with Gasteiger partial charge in [-0.25, -0.2) is 4.79 Å². The van der Waals surface area contributed by atoms with Crippen molar-refractivity contribution in [1.29, 1.82) is 0 Å². The van der Waals surface area contributed by atoms with Crippen molar-refractivity contribution in [2.45, 2.75) is 76.2 Å². The van der Waals surface area contributed by atoms with Gasteiger partial charge in [0.1, 0.15) is 26.3 Å². The average molecular weight is 569 g/mol. The van der Waals surface area contributed by atoms with Gasteiger partial charge in [0.15, 0.2) is 29.7 Å². The molecule has 216 valence electrons. The molecule has 0 radical (unpaired) electrons. The fourth-order valence-corrected chi connectivity index (χ4v) is 7.17. The number of esters is 2. The third-order valence-electron chi connectivity index (χ3n) is 6.07. The molecule has 0 aliphatic rings. The van der Waals surface area contributed by atoms with Crippen LogP contribution in [-0.4, -0.2) is 124 Å². The van der Waals surface area contributed by atoms with Crippen LogP contribution in [0.5, 0.6) is 0 Å². The Morgan fingerprint density at radius 2 is 1.16 bits per heavy atom. The number of carbonyl (C=O) groups is 2. The van der Waals surface area contributed by atoms with Crippen LogP contribution in [0, 0.1) is 0 Å². The highest BCUT2D eigenvalue weighted by Crippen LogP contribution is 2.33. The quantitative estimate of drug-likeness (QED) is 0.127. The van der Waals surface area contributed by atoms with Crippen LogP contribution in [0.3, 0.4) is 0 Å². The Morgan fingerprint density at radius 1 is 0.757 bits per heavy atom. The lowest BCUT2D eigenvalue weighted by molar-refractivity contribution is -0.867. The summed E-state index contributed by atoms with van der Waals surface area (Å²) in [5.41, 5.74) is -0.510. The van der Waals surface area contributed by atoms with Crippen LogP contribution in [0.1, 0.15) is 58.8 Å². The van der Waals surface area contributed by atoms with Gasteiger partial charge in [-0.2, -0.15) is 0 Å². The Bertz CT molecular complexity index is 721. The van der Waals surface area contributed by atoms with Crippen LogP contribution in [0.4, 0.5) is 0 Å².